The van der Waals surface area contributed by atoms with E-state index < -0.39 is 0 Å². The maximum atomic E-state index is 3.74. The highest BCUT2D eigenvalue weighted by Crippen LogP contribution is 2.48. The van der Waals surface area contributed by atoms with Crippen LogP contribution in [0.1, 0.15) is 47.0 Å². The summed E-state index contributed by atoms with van der Waals surface area (Å²) in [5.41, 5.74) is 0.633. The molecule has 2 heteroatoms. The van der Waals surface area contributed by atoms with Crippen LogP contribution in [0.15, 0.2) is 0 Å². The first-order valence-corrected chi connectivity index (χ1v) is 6.53. The van der Waals surface area contributed by atoms with Crippen molar-refractivity contribution in [2.24, 2.45) is 5.41 Å². The normalized spacial score (nSPS) is 36.8. The van der Waals surface area contributed by atoms with Gasteiger partial charge in [0.2, 0.25) is 0 Å². The van der Waals surface area contributed by atoms with E-state index in [9.17, 15) is 0 Å². The van der Waals surface area contributed by atoms with Gasteiger partial charge in [-0.1, -0.05) is 13.8 Å². The fourth-order valence-electron chi connectivity index (χ4n) is 3.22. The number of rotatable bonds is 3. The molecule has 0 bridgehead atoms. The van der Waals surface area contributed by atoms with E-state index in [2.05, 4.69) is 37.9 Å². The third-order valence-electron chi connectivity index (χ3n) is 4.35. The Morgan fingerprint density at radius 3 is 2.33 bits per heavy atom. The lowest BCUT2D eigenvalue weighted by Crippen LogP contribution is -2.56. The van der Waals surface area contributed by atoms with Crippen LogP contribution in [0.3, 0.4) is 0 Å². The molecular weight excluding hydrogens is 184 g/mol. The van der Waals surface area contributed by atoms with Crippen molar-refractivity contribution in [2.75, 3.05) is 13.1 Å². The molecule has 1 saturated heterocycles. The Bertz CT molecular complexity index is 225. The maximum absolute atomic E-state index is 3.74. The van der Waals surface area contributed by atoms with Crippen molar-refractivity contribution in [1.29, 1.82) is 0 Å². The zero-order valence-corrected chi connectivity index (χ0v) is 10.7. The van der Waals surface area contributed by atoms with Gasteiger partial charge in [-0.2, -0.15) is 0 Å². The van der Waals surface area contributed by atoms with Crippen molar-refractivity contribution in [3.05, 3.63) is 0 Å². The molecule has 0 aromatic rings. The maximum Gasteiger partial charge on any atom is 0.0139 e. The van der Waals surface area contributed by atoms with E-state index in [4.69, 9.17) is 0 Å². The van der Waals surface area contributed by atoms with E-state index >= 15 is 0 Å². The van der Waals surface area contributed by atoms with Gasteiger partial charge in [-0.15, -0.1) is 0 Å². The molecule has 0 aromatic heterocycles. The van der Waals surface area contributed by atoms with Gasteiger partial charge in [0.1, 0.15) is 0 Å². The van der Waals surface area contributed by atoms with Crippen molar-refractivity contribution in [1.82, 2.24) is 10.2 Å². The van der Waals surface area contributed by atoms with Crippen LogP contribution in [-0.2, 0) is 0 Å². The molecule has 2 aliphatic rings. The highest BCUT2D eigenvalue weighted by atomic mass is 15.2. The second-order valence-electron chi connectivity index (χ2n) is 6.09. The number of hydrogen-bond donors (Lipinski definition) is 1. The Balaban J connectivity index is 1.92. The van der Waals surface area contributed by atoms with Gasteiger partial charge >= 0.3 is 0 Å². The fraction of sp³-hybridized carbons (Fsp3) is 1.00. The predicted octanol–water partition coefficient (Wildman–Crippen LogP) is 2.25. The van der Waals surface area contributed by atoms with Crippen molar-refractivity contribution >= 4 is 0 Å². The fourth-order valence-corrected chi connectivity index (χ4v) is 3.22. The molecule has 2 nitrogen and oxygen atoms in total. The summed E-state index contributed by atoms with van der Waals surface area (Å²) in [7, 11) is 0. The summed E-state index contributed by atoms with van der Waals surface area (Å²) in [6.45, 7) is 11.8. The quantitative estimate of drug-likeness (QED) is 0.768. The first kappa shape index (κ1) is 11.4. The average Bonchev–Trinajstić information content (AvgIpc) is 2.59. The first-order valence-electron chi connectivity index (χ1n) is 6.53. The van der Waals surface area contributed by atoms with Crippen LogP contribution in [0, 0.1) is 5.41 Å². The van der Waals surface area contributed by atoms with Gasteiger partial charge in [-0.25, -0.2) is 0 Å². The van der Waals surface area contributed by atoms with Crippen LogP contribution < -0.4 is 5.32 Å². The SMILES string of the molecule is CC(C)NC1CCC12CCN(C(C)C)C2. The minimum Gasteiger partial charge on any atom is -0.311 e. The Labute approximate surface area is 94.4 Å². The predicted molar refractivity (Wildman–Crippen MR) is 65.1 cm³/mol. The van der Waals surface area contributed by atoms with Crippen LogP contribution in [0.4, 0.5) is 0 Å². The van der Waals surface area contributed by atoms with Crippen LogP contribution >= 0.6 is 0 Å². The molecule has 1 aliphatic carbocycles. The van der Waals surface area contributed by atoms with Crippen molar-refractivity contribution in [3.8, 4) is 0 Å². The van der Waals surface area contributed by atoms with Gasteiger partial charge < -0.3 is 10.2 Å². The number of nitrogens with one attached hydrogen (secondary N) is 1. The van der Waals surface area contributed by atoms with Crippen molar-refractivity contribution in [3.63, 3.8) is 0 Å². The largest absolute Gasteiger partial charge is 0.311 e. The topological polar surface area (TPSA) is 15.3 Å². The molecule has 2 unspecified atom stereocenters. The van der Waals surface area contributed by atoms with Crippen LogP contribution in [0.2, 0.25) is 0 Å². The number of likely N-dealkylation sites (tertiary alicyclic amines) is 1. The molecule has 2 fully saturated rings. The Kier molecular flexibility index (Phi) is 3.09. The number of hydrogen-bond acceptors (Lipinski definition) is 2. The molecule has 0 radical (unpaired) electrons. The summed E-state index contributed by atoms with van der Waals surface area (Å²) in [5.74, 6) is 0. The number of nitrogens with zero attached hydrogens (tertiary/aromatic N) is 1. The van der Waals surface area contributed by atoms with Gasteiger partial charge in [0.25, 0.3) is 0 Å². The molecule has 2 rings (SSSR count). The summed E-state index contributed by atoms with van der Waals surface area (Å²) in [6.07, 6.45) is 4.25. The minimum absolute atomic E-state index is 0.633. The zero-order chi connectivity index (χ0) is 11.1. The van der Waals surface area contributed by atoms with E-state index in [1.54, 1.807) is 0 Å². The molecule has 88 valence electrons. The van der Waals surface area contributed by atoms with Gasteiger partial charge in [0, 0.05) is 24.7 Å². The van der Waals surface area contributed by atoms with Gasteiger partial charge in [-0.05, 0) is 45.1 Å². The summed E-state index contributed by atoms with van der Waals surface area (Å²) >= 11 is 0. The zero-order valence-electron chi connectivity index (χ0n) is 10.7. The monoisotopic (exact) mass is 210 g/mol. The van der Waals surface area contributed by atoms with E-state index in [0.29, 0.717) is 11.5 Å². The van der Waals surface area contributed by atoms with E-state index in [-0.39, 0.29) is 0 Å². The second-order valence-corrected chi connectivity index (χ2v) is 6.09. The summed E-state index contributed by atoms with van der Waals surface area (Å²) in [4.78, 5) is 2.65. The van der Waals surface area contributed by atoms with Gasteiger partial charge in [-0.3, -0.25) is 0 Å². The van der Waals surface area contributed by atoms with E-state index in [1.807, 2.05) is 0 Å². The molecule has 0 amide bonds. The molecule has 1 spiro atoms. The van der Waals surface area contributed by atoms with Crippen molar-refractivity contribution < 1.29 is 0 Å². The highest BCUT2D eigenvalue weighted by molar-refractivity contribution is 5.06. The average molecular weight is 210 g/mol. The lowest BCUT2D eigenvalue weighted by Gasteiger charge is -2.49. The first-order chi connectivity index (χ1) is 7.03. The lowest BCUT2D eigenvalue weighted by molar-refractivity contribution is 0.0633. The molecule has 1 N–H and O–H groups in total. The highest BCUT2D eigenvalue weighted by Gasteiger charge is 2.50. The minimum atomic E-state index is 0.633. The molecule has 1 saturated carbocycles. The van der Waals surface area contributed by atoms with Gasteiger partial charge in [0.15, 0.2) is 0 Å². The summed E-state index contributed by atoms with van der Waals surface area (Å²) in [6, 6.07) is 2.16. The molecular formula is C13H26N2. The Morgan fingerprint density at radius 1 is 1.20 bits per heavy atom. The summed E-state index contributed by atoms with van der Waals surface area (Å²) < 4.78 is 0. The molecule has 2 atom stereocenters. The van der Waals surface area contributed by atoms with Crippen LogP contribution in [0.5, 0.6) is 0 Å². The van der Waals surface area contributed by atoms with Crippen molar-refractivity contribution in [2.45, 2.75) is 65.1 Å². The Morgan fingerprint density at radius 2 is 1.93 bits per heavy atom. The third-order valence-corrected chi connectivity index (χ3v) is 4.35. The van der Waals surface area contributed by atoms with Crippen LogP contribution in [-0.4, -0.2) is 36.1 Å². The molecule has 15 heavy (non-hydrogen) atoms. The Hall–Kier alpha value is -0.0800. The standard InChI is InChI=1S/C13H26N2/c1-10(2)14-12-5-6-13(12)7-8-15(9-13)11(3)4/h10-12,14H,5-9H2,1-4H3. The second kappa shape index (κ2) is 4.06. The van der Waals surface area contributed by atoms with Crippen LogP contribution in [0.25, 0.3) is 0 Å². The molecule has 0 aromatic carbocycles. The summed E-state index contributed by atoms with van der Waals surface area (Å²) in [5, 5.41) is 3.74. The third kappa shape index (κ3) is 2.07. The van der Waals surface area contributed by atoms with E-state index in [0.717, 1.165) is 12.1 Å². The lowest BCUT2D eigenvalue weighted by atomic mass is 9.63. The molecule has 1 aliphatic heterocycles. The molecule has 1 heterocycles. The van der Waals surface area contributed by atoms with Gasteiger partial charge in [0.05, 0.1) is 0 Å². The van der Waals surface area contributed by atoms with E-state index in [1.165, 1.54) is 32.4 Å². The smallest absolute Gasteiger partial charge is 0.0139 e.